The van der Waals surface area contributed by atoms with E-state index in [0.29, 0.717) is 18.3 Å². The van der Waals surface area contributed by atoms with E-state index < -0.39 is 5.91 Å². The van der Waals surface area contributed by atoms with E-state index in [1.165, 1.54) is 0 Å². The third-order valence-electron chi connectivity index (χ3n) is 5.49. The molecule has 1 fully saturated rings. The zero-order valence-electron chi connectivity index (χ0n) is 17.6. The monoisotopic (exact) mass is 399 g/mol. The number of amidine groups is 1. The van der Waals surface area contributed by atoms with E-state index in [1.807, 2.05) is 4.90 Å². The predicted octanol–water partition coefficient (Wildman–Crippen LogP) is 1.75. The molecule has 8 nitrogen and oxygen atoms in total. The molecule has 8 heteroatoms. The van der Waals surface area contributed by atoms with Crippen LogP contribution in [0.2, 0.25) is 0 Å². The Morgan fingerprint density at radius 3 is 2.83 bits per heavy atom. The molecule has 1 saturated carbocycles. The highest BCUT2D eigenvalue weighted by molar-refractivity contribution is 6.43. The molecule has 0 saturated heterocycles. The molecule has 0 aromatic heterocycles. The highest BCUT2D eigenvalue weighted by Gasteiger charge is 2.34. The summed E-state index contributed by atoms with van der Waals surface area (Å²) in [7, 11) is 0. The molecule has 0 bridgehead atoms. The van der Waals surface area contributed by atoms with Gasteiger partial charge in [0, 0.05) is 23.8 Å². The highest BCUT2D eigenvalue weighted by atomic mass is 16.1. The molecule has 1 aliphatic heterocycles. The van der Waals surface area contributed by atoms with Gasteiger partial charge >= 0.3 is 0 Å². The van der Waals surface area contributed by atoms with Gasteiger partial charge in [0.25, 0.3) is 5.91 Å². The molecule has 3 atom stereocenters. The normalized spacial score (nSPS) is 24.5. The van der Waals surface area contributed by atoms with Crippen LogP contribution in [-0.4, -0.2) is 36.7 Å². The summed E-state index contributed by atoms with van der Waals surface area (Å²) in [6.07, 6.45) is 5.49. The van der Waals surface area contributed by atoms with Crippen molar-refractivity contribution in [3.63, 3.8) is 0 Å². The average molecular weight is 400 g/mol. The minimum absolute atomic E-state index is 0.119. The Labute approximate surface area is 172 Å². The number of amides is 1. The fraction of sp³-hybridized carbons (Fsp3) is 0.571. The van der Waals surface area contributed by atoms with Crippen molar-refractivity contribution in [1.82, 2.24) is 10.7 Å². The molecule has 1 heterocycles. The number of hydrogen-bond donors (Lipinski definition) is 4. The molecule has 1 amide bonds. The number of fused-ring (bicyclic) bond motifs is 1. The molecule has 158 valence electrons. The number of anilines is 1. The second kappa shape index (κ2) is 9.37. The van der Waals surface area contributed by atoms with Crippen LogP contribution in [0.4, 0.5) is 5.69 Å². The van der Waals surface area contributed by atoms with Gasteiger partial charge in [-0.25, -0.2) is 10.8 Å². The summed E-state index contributed by atoms with van der Waals surface area (Å²) in [6.45, 7) is 6.99. The first kappa shape index (κ1) is 21.3. The minimum atomic E-state index is -0.505. The third-order valence-corrected chi connectivity index (χ3v) is 5.49. The van der Waals surface area contributed by atoms with Crippen molar-refractivity contribution in [2.75, 3.05) is 11.4 Å². The van der Waals surface area contributed by atoms with Crippen molar-refractivity contribution >= 4 is 23.8 Å². The average Bonchev–Trinajstić information content (AvgIpc) is 2.68. The zero-order valence-corrected chi connectivity index (χ0v) is 17.6. The van der Waals surface area contributed by atoms with Crippen molar-refractivity contribution < 1.29 is 4.79 Å². The molecule has 6 N–H and O–H groups in total. The lowest BCUT2D eigenvalue weighted by molar-refractivity contribution is -0.112. The van der Waals surface area contributed by atoms with Gasteiger partial charge in [0.2, 0.25) is 0 Å². The van der Waals surface area contributed by atoms with Gasteiger partial charge in [-0.2, -0.15) is 0 Å². The van der Waals surface area contributed by atoms with Gasteiger partial charge in [0.1, 0.15) is 6.17 Å². The number of hydrazine groups is 1. The lowest BCUT2D eigenvalue weighted by Crippen LogP contribution is -2.49. The fourth-order valence-electron chi connectivity index (χ4n) is 4.21. The maximum Gasteiger partial charge on any atom is 0.284 e. The second-order valence-corrected chi connectivity index (χ2v) is 8.36. The maximum atomic E-state index is 12.2. The van der Waals surface area contributed by atoms with Crippen molar-refractivity contribution in [1.29, 1.82) is 0 Å². The number of nitrogens with zero attached hydrogens (tertiary/aromatic N) is 3. The molecule has 0 spiro atoms. The molecule has 1 unspecified atom stereocenters. The molecular formula is C21H33N7O. The Morgan fingerprint density at radius 2 is 2.14 bits per heavy atom. The molecule has 1 aromatic carbocycles. The van der Waals surface area contributed by atoms with Crippen molar-refractivity contribution in [2.45, 2.75) is 64.7 Å². The van der Waals surface area contributed by atoms with Gasteiger partial charge in [-0.1, -0.05) is 44.4 Å². The Bertz CT molecular complexity index is 789. The van der Waals surface area contributed by atoms with Crippen LogP contribution in [-0.2, 0) is 4.79 Å². The maximum absolute atomic E-state index is 12.2. The minimum Gasteiger partial charge on any atom is -0.363 e. The number of nitrogens with one attached hydrogen (secondary N) is 2. The predicted molar refractivity (Wildman–Crippen MR) is 118 cm³/mol. The van der Waals surface area contributed by atoms with E-state index in [9.17, 15) is 4.79 Å². The number of aliphatic imine (C=N–C) groups is 2. The summed E-state index contributed by atoms with van der Waals surface area (Å²) in [5, 5.41) is 3.65. The van der Waals surface area contributed by atoms with Crippen LogP contribution in [0.15, 0.2) is 28.2 Å². The summed E-state index contributed by atoms with van der Waals surface area (Å²) >= 11 is 0. The lowest BCUT2D eigenvalue weighted by Gasteiger charge is -2.38. The summed E-state index contributed by atoms with van der Waals surface area (Å²) < 4.78 is 0. The topological polar surface area (TPSA) is 121 Å². The van der Waals surface area contributed by atoms with E-state index in [1.54, 1.807) is 6.34 Å². The lowest BCUT2D eigenvalue weighted by atomic mass is 9.90. The van der Waals surface area contributed by atoms with Crippen LogP contribution in [0.3, 0.4) is 0 Å². The van der Waals surface area contributed by atoms with Crippen LogP contribution >= 0.6 is 0 Å². The van der Waals surface area contributed by atoms with Crippen molar-refractivity contribution in [3.8, 4) is 0 Å². The summed E-state index contributed by atoms with van der Waals surface area (Å²) in [6, 6.07) is 6.54. The summed E-state index contributed by atoms with van der Waals surface area (Å²) in [5.41, 5.74) is 11.4. The van der Waals surface area contributed by atoms with Crippen LogP contribution < -0.4 is 27.2 Å². The first-order chi connectivity index (χ1) is 13.9. The first-order valence-corrected chi connectivity index (χ1v) is 10.4. The number of rotatable bonds is 7. The van der Waals surface area contributed by atoms with E-state index in [0.717, 1.165) is 42.5 Å². The van der Waals surface area contributed by atoms with Crippen LogP contribution in [0.1, 0.15) is 56.8 Å². The van der Waals surface area contributed by atoms with Gasteiger partial charge in [-0.3, -0.25) is 15.1 Å². The van der Waals surface area contributed by atoms with Crippen molar-refractivity contribution in [3.05, 3.63) is 29.3 Å². The Balaban J connectivity index is 1.96. The number of nitrogens with two attached hydrogens (primary N) is 2. The molecule has 2 aliphatic rings. The third kappa shape index (κ3) is 4.94. The Kier molecular flexibility index (Phi) is 6.87. The van der Waals surface area contributed by atoms with E-state index in [-0.39, 0.29) is 18.2 Å². The van der Waals surface area contributed by atoms with E-state index in [4.69, 9.17) is 16.6 Å². The number of hydrogen-bond acceptors (Lipinski definition) is 6. The molecular weight excluding hydrogens is 366 g/mol. The zero-order chi connectivity index (χ0) is 21.0. The van der Waals surface area contributed by atoms with E-state index in [2.05, 4.69) is 54.7 Å². The van der Waals surface area contributed by atoms with Gasteiger partial charge in [0.05, 0.1) is 12.4 Å². The second-order valence-electron chi connectivity index (χ2n) is 8.36. The number of aryl methyl sites for hydroxylation is 1. The summed E-state index contributed by atoms with van der Waals surface area (Å²) in [5.74, 6) is 5.53. The fourth-order valence-corrected chi connectivity index (χ4v) is 4.21. The van der Waals surface area contributed by atoms with Gasteiger partial charge in [0.15, 0.2) is 5.84 Å². The largest absolute Gasteiger partial charge is 0.363 e. The van der Waals surface area contributed by atoms with Crippen LogP contribution in [0, 0.1) is 12.8 Å². The first-order valence-electron chi connectivity index (χ1n) is 10.4. The van der Waals surface area contributed by atoms with Gasteiger partial charge in [-0.05, 0) is 31.7 Å². The Hall–Kier alpha value is -2.45. The molecule has 0 radical (unpaired) electrons. The quantitative estimate of drug-likeness (QED) is 0.241. The molecule has 29 heavy (non-hydrogen) atoms. The highest BCUT2D eigenvalue weighted by Crippen LogP contribution is 2.35. The summed E-state index contributed by atoms with van der Waals surface area (Å²) in [4.78, 5) is 23.5. The molecule has 1 aromatic rings. The molecule has 3 rings (SSSR count). The SMILES string of the molecule is Cc1ccc2c(c1)C(N[C@H]1CCCC[C@H]1N=CNN)N=C(C(N)=O)N2CC(C)C. The van der Waals surface area contributed by atoms with E-state index >= 15 is 0 Å². The number of primary amides is 1. The van der Waals surface area contributed by atoms with Gasteiger partial charge in [-0.15, -0.1) is 0 Å². The van der Waals surface area contributed by atoms with Crippen molar-refractivity contribution in [2.24, 2.45) is 27.5 Å². The van der Waals surface area contributed by atoms with Crippen LogP contribution in [0.25, 0.3) is 0 Å². The Morgan fingerprint density at radius 1 is 1.38 bits per heavy atom. The number of carbonyl (C=O) groups excluding carboxylic acids is 1. The standard InChI is InChI=1S/C21H33N7O/c1-13(2)11-28-18-9-8-14(3)10-15(18)20(27-21(28)19(22)29)26-17-7-5-4-6-16(17)24-12-25-23/h8-10,12-13,16-17,20,26H,4-7,11,23H2,1-3H3,(H2,22,29)(H,24,25)/t16-,17+,20?/m1/s1. The molecule has 1 aliphatic carbocycles. The smallest absolute Gasteiger partial charge is 0.284 e. The van der Waals surface area contributed by atoms with Gasteiger partial charge < -0.3 is 16.1 Å². The number of carbonyl (C=O) groups is 1. The number of benzene rings is 1. The van der Waals surface area contributed by atoms with Crippen LogP contribution in [0.5, 0.6) is 0 Å².